The summed E-state index contributed by atoms with van der Waals surface area (Å²) in [5.41, 5.74) is 1.24. The van der Waals surface area contributed by atoms with Crippen molar-refractivity contribution in [3.8, 4) is 0 Å². The molecular weight excluding hydrogens is 270 g/mol. The number of likely N-dealkylation sites (N-methyl/N-ethyl adjacent to an activating group) is 1. The summed E-state index contributed by atoms with van der Waals surface area (Å²) in [6.07, 6.45) is 3.63. The standard InChI is InChI=1S/C16H21NO2S/c1-17-10-7-14(8-11-17)13-19-16(18)9-12-20-15-5-3-2-4-6-15/h2-7H,8-13H2,1H3. The number of esters is 1. The Kier molecular flexibility index (Phi) is 6.15. The van der Waals surface area contributed by atoms with Crippen molar-refractivity contribution in [2.45, 2.75) is 17.7 Å². The molecule has 0 unspecified atom stereocenters. The molecule has 0 N–H and O–H groups in total. The fraction of sp³-hybridized carbons (Fsp3) is 0.438. The topological polar surface area (TPSA) is 29.5 Å². The average Bonchev–Trinajstić information content (AvgIpc) is 2.48. The first-order chi connectivity index (χ1) is 9.74. The minimum Gasteiger partial charge on any atom is -0.461 e. The summed E-state index contributed by atoms with van der Waals surface area (Å²) >= 11 is 1.69. The van der Waals surface area contributed by atoms with Gasteiger partial charge in [0.05, 0.1) is 6.42 Å². The Morgan fingerprint density at radius 1 is 1.35 bits per heavy atom. The molecule has 108 valence electrons. The number of benzene rings is 1. The smallest absolute Gasteiger partial charge is 0.306 e. The zero-order valence-electron chi connectivity index (χ0n) is 11.9. The number of carbonyl (C=O) groups excluding carboxylic acids is 1. The van der Waals surface area contributed by atoms with Gasteiger partial charge in [-0.05, 0) is 31.2 Å². The summed E-state index contributed by atoms with van der Waals surface area (Å²) in [5.74, 6) is 0.665. The van der Waals surface area contributed by atoms with Gasteiger partial charge in [-0.15, -0.1) is 11.8 Å². The van der Waals surface area contributed by atoms with Crippen molar-refractivity contribution in [2.75, 3.05) is 32.5 Å². The highest BCUT2D eigenvalue weighted by molar-refractivity contribution is 7.99. The second kappa shape index (κ2) is 8.12. The van der Waals surface area contributed by atoms with Crippen LogP contribution in [0.4, 0.5) is 0 Å². The number of nitrogens with zero attached hydrogens (tertiary/aromatic N) is 1. The van der Waals surface area contributed by atoms with Crippen LogP contribution >= 0.6 is 11.8 Å². The maximum absolute atomic E-state index is 11.7. The molecule has 0 aliphatic carbocycles. The number of hydrogen-bond acceptors (Lipinski definition) is 4. The van der Waals surface area contributed by atoms with Crippen LogP contribution in [0.25, 0.3) is 0 Å². The van der Waals surface area contributed by atoms with Gasteiger partial charge in [0.15, 0.2) is 0 Å². The van der Waals surface area contributed by atoms with Gasteiger partial charge in [0.25, 0.3) is 0 Å². The molecule has 1 aromatic carbocycles. The van der Waals surface area contributed by atoms with E-state index >= 15 is 0 Å². The van der Waals surface area contributed by atoms with Gasteiger partial charge in [0.2, 0.25) is 0 Å². The van der Waals surface area contributed by atoms with Gasteiger partial charge in [-0.1, -0.05) is 24.3 Å². The number of hydrogen-bond donors (Lipinski definition) is 0. The van der Waals surface area contributed by atoms with Crippen molar-refractivity contribution in [2.24, 2.45) is 0 Å². The Hall–Kier alpha value is -1.26. The van der Waals surface area contributed by atoms with E-state index in [2.05, 4.69) is 30.2 Å². The molecule has 0 bridgehead atoms. The van der Waals surface area contributed by atoms with Crippen LogP contribution in [0, 0.1) is 0 Å². The molecule has 0 amide bonds. The van der Waals surface area contributed by atoms with Gasteiger partial charge < -0.3 is 9.64 Å². The SMILES string of the molecule is CN1CC=C(COC(=O)CCSc2ccccc2)CC1. The van der Waals surface area contributed by atoms with E-state index in [0.29, 0.717) is 13.0 Å². The van der Waals surface area contributed by atoms with E-state index in [-0.39, 0.29) is 5.97 Å². The molecule has 0 fully saturated rings. The van der Waals surface area contributed by atoms with E-state index in [1.54, 1.807) is 11.8 Å². The van der Waals surface area contributed by atoms with Crippen molar-refractivity contribution in [1.29, 1.82) is 0 Å². The zero-order chi connectivity index (χ0) is 14.2. The quantitative estimate of drug-likeness (QED) is 0.458. The molecule has 1 heterocycles. The molecule has 3 nitrogen and oxygen atoms in total. The minimum absolute atomic E-state index is 0.103. The van der Waals surface area contributed by atoms with Gasteiger partial charge in [0, 0.05) is 23.7 Å². The number of carbonyl (C=O) groups is 1. The lowest BCUT2D eigenvalue weighted by Crippen LogP contribution is -2.25. The first-order valence-corrected chi connectivity index (χ1v) is 7.92. The lowest BCUT2D eigenvalue weighted by Gasteiger charge is -2.21. The van der Waals surface area contributed by atoms with Crippen molar-refractivity contribution in [3.05, 3.63) is 42.0 Å². The summed E-state index contributed by atoms with van der Waals surface area (Å²) in [6, 6.07) is 10.1. The molecule has 0 atom stereocenters. The molecule has 0 saturated heterocycles. The maximum Gasteiger partial charge on any atom is 0.306 e. The molecule has 0 aromatic heterocycles. The van der Waals surface area contributed by atoms with E-state index in [4.69, 9.17) is 4.74 Å². The van der Waals surface area contributed by atoms with Gasteiger partial charge in [0.1, 0.15) is 6.61 Å². The molecule has 2 rings (SSSR count). The Morgan fingerprint density at radius 3 is 2.85 bits per heavy atom. The highest BCUT2D eigenvalue weighted by atomic mass is 32.2. The highest BCUT2D eigenvalue weighted by Crippen LogP contribution is 2.18. The summed E-state index contributed by atoms with van der Waals surface area (Å²) in [4.78, 5) is 15.1. The number of rotatable bonds is 6. The number of thioether (sulfide) groups is 1. The van der Waals surface area contributed by atoms with Crippen LogP contribution < -0.4 is 0 Å². The number of ether oxygens (including phenoxy) is 1. The van der Waals surface area contributed by atoms with Gasteiger partial charge >= 0.3 is 5.97 Å². The maximum atomic E-state index is 11.7. The van der Waals surface area contributed by atoms with Crippen LogP contribution in [0.15, 0.2) is 46.9 Å². The zero-order valence-corrected chi connectivity index (χ0v) is 12.7. The fourth-order valence-electron chi connectivity index (χ4n) is 1.96. The highest BCUT2D eigenvalue weighted by Gasteiger charge is 2.10. The van der Waals surface area contributed by atoms with Crippen molar-refractivity contribution < 1.29 is 9.53 Å². The molecule has 0 saturated carbocycles. The molecule has 0 radical (unpaired) electrons. The van der Waals surface area contributed by atoms with Crippen molar-refractivity contribution in [3.63, 3.8) is 0 Å². The van der Waals surface area contributed by atoms with Crippen LogP contribution in [0.1, 0.15) is 12.8 Å². The predicted molar refractivity (Wildman–Crippen MR) is 82.9 cm³/mol. The first-order valence-electron chi connectivity index (χ1n) is 6.94. The third kappa shape index (κ3) is 5.39. The second-order valence-corrected chi connectivity index (χ2v) is 6.12. The fourth-order valence-corrected chi connectivity index (χ4v) is 2.81. The second-order valence-electron chi connectivity index (χ2n) is 4.95. The lowest BCUT2D eigenvalue weighted by atomic mass is 10.1. The minimum atomic E-state index is -0.103. The summed E-state index contributed by atoms with van der Waals surface area (Å²) in [6.45, 7) is 2.46. The van der Waals surface area contributed by atoms with E-state index in [1.165, 1.54) is 10.5 Å². The molecule has 4 heteroatoms. The van der Waals surface area contributed by atoms with Crippen LogP contribution in [-0.4, -0.2) is 43.4 Å². The molecule has 1 aliphatic heterocycles. The van der Waals surface area contributed by atoms with Crippen LogP contribution in [0.3, 0.4) is 0 Å². The van der Waals surface area contributed by atoms with E-state index < -0.39 is 0 Å². The summed E-state index contributed by atoms with van der Waals surface area (Å²) in [5, 5.41) is 0. The predicted octanol–water partition coefficient (Wildman–Crippen LogP) is 2.97. The Labute approximate surface area is 125 Å². The van der Waals surface area contributed by atoms with Crippen LogP contribution in [0.5, 0.6) is 0 Å². The molecule has 20 heavy (non-hydrogen) atoms. The van der Waals surface area contributed by atoms with Gasteiger partial charge in [-0.3, -0.25) is 4.79 Å². The summed E-state index contributed by atoms with van der Waals surface area (Å²) in [7, 11) is 2.10. The Morgan fingerprint density at radius 2 is 2.15 bits per heavy atom. The molecular formula is C16H21NO2S. The van der Waals surface area contributed by atoms with Gasteiger partial charge in [-0.2, -0.15) is 0 Å². The monoisotopic (exact) mass is 291 g/mol. The largest absolute Gasteiger partial charge is 0.461 e. The third-order valence-electron chi connectivity index (χ3n) is 3.24. The lowest BCUT2D eigenvalue weighted by molar-refractivity contribution is -0.142. The van der Waals surface area contributed by atoms with Crippen molar-refractivity contribution >= 4 is 17.7 Å². The third-order valence-corrected chi connectivity index (χ3v) is 4.26. The van der Waals surface area contributed by atoms with Gasteiger partial charge in [-0.25, -0.2) is 0 Å². The average molecular weight is 291 g/mol. The molecule has 0 spiro atoms. The first kappa shape index (κ1) is 15.1. The Bertz CT molecular complexity index is 459. The van der Waals surface area contributed by atoms with Crippen molar-refractivity contribution in [1.82, 2.24) is 4.90 Å². The normalized spacial score (nSPS) is 15.8. The van der Waals surface area contributed by atoms with Crippen LogP contribution in [0.2, 0.25) is 0 Å². The summed E-state index contributed by atoms with van der Waals surface area (Å²) < 4.78 is 5.32. The Balaban J connectivity index is 1.61. The molecule has 1 aliphatic rings. The molecule has 1 aromatic rings. The van der Waals surface area contributed by atoms with E-state index in [0.717, 1.165) is 25.3 Å². The van der Waals surface area contributed by atoms with Crippen LogP contribution in [-0.2, 0) is 9.53 Å². The van der Waals surface area contributed by atoms with E-state index in [9.17, 15) is 4.79 Å². The van der Waals surface area contributed by atoms with E-state index in [1.807, 2.05) is 18.2 Å².